The molecule has 25 heavy (non-hydrogen) atoms. The molecule has 0 unspecified atom stereocenters. The van der Waals surface area contributed by atoms with Crippen LogP contribution in [-0.4, -0.2) is 53.9 Å². The van der Waals surface area contributed by atoms with E-state index in [2.05, 4.69) is 57.1 Å². The highest BCUT2D eigenvalue weighted by Gasteiger charge is 2.21. The van der Waals surface area contributed by atoms with Crippen molar-refractivity contribution in [1.82, 2.24) is 15.5 Å². The third kappa shape index (κ3) is 15.2. The molecule has 0 bridgehead atoms. The molecule has 0 radical (unpaired) electrons. The summed E-state index contributed by atoms with van der Waals surface area (Å²) in [7, 11) is 0. The van der Waals surface area contributed by atoms with Gasteiger partial charge in [-0.05, 0) is 94.7 Å². The molecule has 0 aromatic rings. The van der Waals surface area contributed by atoms with E-state index in [9.17, 15) is 4.79 Å². The van der Waals surface area contributed by atoms with Crippen molar-refractivity contribution in [1.29, 1.82) is 0 Å². The first-order valence-corrected chi connectivity index (χ1v) is 9.68. The van der Waals surface area contributed by atoms with Crippen molar-refractivity contribution in [3.8, 4) is 0 Å². The van der Waals surface area contributed by atoms with Gasteiger partial charge in [0.1, 0.15) is 5.60 Å². The van der Waals surface area contributed by atoms with Crippen LogP contribution in [-0.2, 0) is 4.74 Å². The van der Waals surface area contributed by atoms with Crippen LogP contribution in [0.15, 0.2) is 0 Å². The van der Waals surface area contributed by atoms with Crippen LogP contribution >= 0.6 is 0 Å². The normalized spacial score (nSPS) is 13.2. The number of alkyl carbamates (subject to hydrolysis) is 1. The molecule has 5 nitrogen and oxygen atoms in total. The van der Waals surface area contributed by atoms with E-state index in [0.717, 1.165) is 26.1 Å². The number of ether oxygens (including phenoxy) is 1. The van der Waals surface area contributed by atoms with Crippen LogP contribution in [0.1, 0.15) is 81.6 Å². The van der Waals surface area contributed by atoms with Gasteiger partial charge in [0.2, 0.25) is 0 Å². The van der Waals surface area contributed by atoms with Gasteiger partial charge in [-0.15, -0.1) is 0 Å². The van der Waals surface area contributed by atoms with Crippen molar-refractivity contribution in [3.05, 3.63) is 0 Å². The summed E-state index contributed by atoms with van der Waals surface area (Å²) < 4.78 is 5.26. The minimum atomic E-state index is -0.442. The molecule has 0 aliphatic rings. The van der Waals surface area contributed by atoms with E-state index in [4.69, 9.17) is 4.74 Å². The van der Waals surface area contributed by atoms with E-state index in [-0.39, 0.29) is 17.2 Å². The Balaban J connectivity index is 4.07. The fourth-order valence-corrected chi connectivity index (χ4v) is 2.45. The molecule has 2 N–H and O–H groups in total. The number of nitrogens with one attached hydrogen (secondary N) is 2. The standard InChI is InChI=1S/C20H43N3O2/c1-18(2,3)22-14-10-11-15-23(19(4,5)6)16-12-13-21-17(24)25-20(7,8)9/h22H,10-16H2,1-9H3,(H,21,24). The Bertz CT molecular complexity index is 376. The molecule has 0 saturated carbocycles. The maximum atomic E-state index is 11.7. The van der Waals surface area contributed by atoms with Crippen molar-refractivity contribution in [2.24, 2.45) is 0 Å². The Kier molecular flexibility index (Phi) is 10.0. The Morgan fingerprint density at radius 2 is 1.40 bits per heavy atom. The number of rotatable bonds is 9. The molecule has 1 amide bonds. The number of unbranched alkanes of at least 4 members (excludes halogenated alkanes) is 1. The first-order chi connectivity index (χ1) is 11.2. The Labute approximate surface area is 156 Å². The van der Waals surface area contributed by atoms with Crippen LogP contribution in [0, 0.1) is 0 Å². The summed E-state index contributed by atoms with van der Waals surface area (Å²) in [5.41, 5.74) is -0.108. The van der Waals surface area contributed by atoms with Crippen molar-refractivity contribution < 1.29 is 9.53 Å². The number of hydrogen-bond acceptors (Lipinski definition) is 4. The van der Waals surface area contributed by atoms with Gasteiger partial charge in [0.15, 0.2) is 0 Å². The first kappa shape index (κ1) is 24.2. The van der Waals surface area contributed by atoms with Crippen LogP contribution in [0.3, 0.4) is 0 Å². The molecule has 150 valence electrons. The molecule has 0 spiro atoms. The Morgan fingerprint density at radius 1 is 0.840 bits per heavy atom. The fourth-order valence-electron chi connectivity index (χ4n) is 2.45. The molecule has 5 heteroatoms. The van der Waals surface area contributed by atoms with Gasteiger partial charge in [0, 0.05) is 24.2 Å². The van der Waals surface area contributed by atoms with E-state index in [1.54, 1.807) is 0 Å². The molecule has 0 aromatic heterocycles. The lowest BCUT2D eigenvalue weighted by molar-refractivity contribution is 0.0523. The molecule has 0 atom stereocenters. The largest absolute Gasteiger partial charge is 0.444 e. The van der Waals surface area contributed by atoms with Crippen LogP contribution in [0.25, 0.3) is 0 Å². The minimum Gasteiger partial charge on any atom is -0.444 e. The zero-order chi connectivity index (χ0) is 19.7. The van der Waals surface area contributed by atoms with Crippen LogP contribution in [0.5, 0.6) is 0 Å². The Hall–Kier alpha value is -0.810. The summed E-state index contributed by atoms with van der Waals surface area (Å²) >= 11 is 0. The van der Waals surface area contributed by atoms with Gasteiger partial charge in [0.05, 0.1) is 0 Å². The van der Waals surface area contributed by atoms with Gasteiger partial charge in [-0.2, -0.15) is 0 Å². The number of carbonyl (C=O) groups excluding carboxylic acids is 1. The number of amides is 1. The third-order valence-corrected chi connectivity index (χ3v) is 3.73. The average Bonchev–Trinajstić information content (AvgIpc) is 2.35. The zero-order valence-electron chi connectivity index (χ0n) is 18.2. The molecule has 0 aromatic carbocycles. The fraction of sp³-hybridized carbons (Fsp3) is 0.950. The number of carbonyl (C=O) groups is 1. The maximum absolute atomic E-state index is 11.7. The maximum Gasteiger partial charge on any atom is 0.407 e. The summed E-state index contributed by atoms with van der Waals surface area (Å²) in [4.78, 5) is 14.2. The topological polar surface area (TPSA) is 53.6 Å². The predicted octanol–water partition coefficient (Wildman–Crippen LogP) is 4.17. The molecule has 0 fully saturated rings. The van der Waals surface area contributed by atoms with Crippen molar-refractivity contribution in [2.75, 3.05) is 26.2 Å². The summed E-state index contributed by atoms with van der Waals surface area (Å²) in [6.45, 7) is 22.8. The van der Waals surface area contributed by atoms with Crippen molar-refractivity contribution in [3.63, 3.8) is 0 Å². The van der Waals surface area contributed by atoms with Crippen LogP contribution in [0.4, 0.5) is 4.79 Å². The summed E-state index contributed by atoms with van der Waals surface area (Å²) in [6.07, 6.45) is 2.96. The molecule has 0 saturated heterocycles. The number of nitrogens with zero attached hydrogens (tertiary/aromatic N) is 1. The lowest BCUT2D eigenvalue weighted by Crippen LogP contribution is -2.44. The summed E-state index contributed by atoms with van der Waals surface area (Å²) in [6, 6.07) is 0. The van der Waals surface area contributed by atoms with Gasteiger partial charge >= 0.3 is 6.09 Å². The molecule has 0 aliphatic carbocycles. The number of hydrogen-bond donors (Lipinski definition) is 2. The average molecular weight is 358 g/mol. The van der Waals surface area contributed by atoms with Gasteiger partial charge < -0.3 is 15.4 Å². The smallest absolute Gasteiger partial charge is 0.407 e. The van der Waals surface area contributed by atoms with E-state index in [1.807, 2.05) is 20.8 Å². The highest BCUT2D eigenvalue weighted by atomic mass is 16.6. The van der Waals surface area contributed by atoms with Crippen LogP contribution < -0.4 is 10.6 Å². The second kappa shape index (κ2) is 10.4. The predicted molar refractivity (Wildman–Crippen MR) is 107 cm³/mol. The Morgan fingerprint density at radius 3 is 1.88 bits per heavy atom. The van der Waals surface area contributed by atoms with Crippen molar-refractivity contribution in [2.45, 2.75) is 98.3 Å². The van der Waals surface area contributed by atoms with Gasteiger partial charge in [-0.1, -0.05) is 0 Å². The van der Waals surface area contributed by atoms with Gasteiger partial charge in [-0.25, -0.2) is 4.79 Å². The van der Waals surface area contributed by atoms with Gasteiger partial charge in [0.25, 0.3) is 0 Å². The minimum absolute atomic E-state index is 0.142. The summed E-state index contributed by atoms with van der Waals surface area (Å²) in [5, 5.41) is 6.38. The highest BCUT2D eigenvalue weighted by Crippen LogP contribution is 2.15. The molecule has 0 heterocycles. The van der Waals surface area contributed by atoms with E-state index < -0.39 is 5.60 Å². The van der Waals surface area contributed by atoms with E-state index in [1.165, 1.54) is 12.8 Å². The molecule has 0 aliphatic heterocycles. The first-order valence-electron chi connectivity index (χ1n) is 9.68. The highest BCUT2D eigenvalue weighted by molar-refractivity contribution is 5.67. The monoisotopic (exact) mass is 357 g/mol. The van der Waals surface area contributed by atoms with Gasteiger partial charge in [-0.3, -0.25) is 4.90 Å². The zero-order valence-corrected chi connectivity index (χ0v) is 18.2. The third-order valence-electron chi connectivity index (χ3n) is 3.73. The van der Waals surface area contributed by atoms with Crippen LogP contribution in [0.2, 0.25) is 0 Å². The van der Waals surface area contributed by atoms with Crippen molar-refractivity contribution >= 4 is 6.09 Å². The molecular weight excluding hydrogens is 314 g/mol. The second-order valence-corrected chi connectivity index (χ2v) is 9.82. The second-order valence-electron chi connectivity index (χ2n) is 9.82. The molecular formula is C20H43N3O2. The lowest BCUT2D eigenvalue weighted by atomic mass is 10.0. The SMILES string of the molecule is CC(C)(C)NCCCCN(CCCNC(=O)OC(C)(C)C)C(C)(C)C. The van der Waals surface area contributed by atoms with E-state index in [0.29, 0.717) is 6.54 Å². The lowest BCUT2D eigenvalue weighted by Gasteiger charge is -2.36. The quantitative estimate of drug-likeness (QED) is 0.608. The van der Waals surface area contributed by atoms with E-state index >= 15 is 0 Å². The molecule has 0 rings (SSSR count). The summed E-state index contributed by atoms with van der Waals surface area (Å²) in [5.74, 6) is 0.